The van der Waals surface area contributed by atoms with Gasteiger partial charge >= 0.3 is 5.76 Å². The van der Waals surface area contributed by atoms with Crippen LogP contribution in [0.25, 0.3) is 0 Å². The van der Waals surface area contributed by atoms with E-state index in [1.165, 1.54) is 4.72 Å². The smallest absolute Gasteiger partial charge is 0.355 e. The third-order valence-electron chi connectivity index (χ3n) is 1.86. The molecule has 0 fully saturated rings. The van der Waals surface area contributed by atoms with Gasteiger partial charge in [-0.3, -0.25) is 4.72 Å². The summed E-state index contributed by atoms with van der Waals surface area (Å²) in [6.45, 7) is 0. The van der Waals surface area contributed by atoms with Gasteiger partial charge in [-0.05, 0) is 12.1 Å². The standard InChI is InChI=1S/C8H8F3N3O3S/c9-4-2-1-3-5(6(4)7(12)13-15)14-18(16,17)8(10)11/h1-3,8,14-15H,(H2,12,13). The molecule has 0 radical (unpaired) electrons. The number of nitrogens with zero attached hydrogens (tertiary/aromatic N) is 1. The van der Waals surface area contributed by atoms with E-state index in [2.05, 4.69) is 5.16 Å². The van der Waals surface area contributed by atoms with Gasteiger partial charge in [0.1, 0.15) is 5.82 Å². The van der Waals surface area contributed by atoms with Crippen LogP contribution in [0, 0.1) is 5.82 Å². The van der Waals surface area contributed by atoms with E-state index in [9.17, 15) is 21.6 Å². The zero-order chi connectivity index (χ0) is 13.9. The Hall–Kier alpha value is -1.97. The fraction of sp³-hybridized carbons (Fsp3) is 0.125. The Morgan fingerprint density at radius 2 is 2.06 bits per heavy atom. The van der Waals surface area contributed by atoms with Crippen LogP contribution in [0.1, 0.15) is 5.56 Å². The summed E-state index contributed by atoms with van der Waals surface area (Å²) in [4.78, 5) is 0. The van der Waals surface area contributed by atoms with Crippen molar-refractivity contribution < 1.29 is 26.8 Å². The number of alkyl halides is 2. The second-order valence-corrected chi connectivity index (χ2v) is 4.71. The van der Waals surface area contributed by atoms with Crippen molar-refractivity contribution in [1.82, 2.24) is 0 Å². The van der Waals surface area contributed by atoms with E-state index in [0.717, 1.165) is 18.2 Å². The van der Waals surface area contributed by atoms with Crippen LogP contribution in [-0.2, 0) is 10.0 Å². The number of hydrogen-bond acceptors (Lipinski definition) is 4. The van der Waals surface area contributed by atoms with Gasteiger partial charge in [-0.15, -0.1) is 0 Å². The molecule has 100 valence electrons. The number of nitrogens with two attached hydrogens (primary N) is 1. The number of benzene rings is 1. The summed E-state index contributed by atoms with van der Waals surface area (Å²) < 4.78 is 61.0. The monoisotopic (exact) mass is 283 g/mol. The molecule has 0 bridgehead atoms. The molecule has 1 rings (SSSR count). The molecule has 0 saturated carbocycles. The summed E-state index contributed by atoms with van der Waals surface area (Å²) in [5.41, 5.74) is 3.96. The number of rotatable bonds is 4. The fourth-order valence-electron chi connectivity index (χ4n) is 1.12. The van der Waals surface area contributed by atoms with Gasteiger partial charge in [0.25, 0.3) is 10.0 Å². The lowest BCUT2D eigenvalue weighted by Gasteiger charge is -2.11. The molecule has 1 aromatic carbocycles. The SMILES string of the molecule is N/C(=N/O)c1c(F)cccc1NS(=O)(=O)C(F)F. The summed E-state index contributed by atoms with van der Waals surface area (Å²) in [7, 11) is -4.97. The van der Waals surface area contributed by atoms with Crippen molar-refractivity contribution in [3.8, 4) is 0 Å². The van der Waals surface area contributed by atoms with Gasteiger partial charge in [-0.1, -0.05) is 11.2 Å². The Bertz CT molecular complexity index is 574. The lowest BCUT2D eigenvalue weighted by Crippen LogP contribution is -2.24. The summed E-state index contributed by atoms with van der Waals surface area (Å²) in [6.07, 6.45) is 0. The molecule has 0 aromatic heterocycles. The molecule has 0 saturated heterocycles. The highest BCUT2D eigenvalue weighted by molar-refractivity contribution is 7.93. The first kappa shape index (κ1) is 14.1. The number of sulfonamides is 1. The third kappa shape index (κ3) is 2.83. The van der Waals surface area contributed by atoms with Gasteiger partial charge in [0.05, 0.1) is 11.3 Å². The van der Waals surface area contributed by atoms with Gasteiger partial charge in [-0.2, -0.15) is 8.78 Å². The largest absolute Gasteiger partial charge is 0.409 e. The molecule has 4 N–H and O–H groups in total. The lowest BCUT2D eigenvalue weighted by atomic mass is 10.1. The second-order valence-electron chi connectivity index (χ2n) is 3.06. The first-order valence-electron chi connectivity index (χ1n) is 4.35. The van der Waals surface area contributed by atoms with Gasteiger partial charge in [0.2, 0.25) is 0 Å². The predicted octanol–water partition coefficient (Wildman–Crippen LogP) is 0.885. The average molecular weight is 283 g/mol. The first-order chi connectivity index (χ1) is 8.29. The molecular formula is C8H8F3N3O3S. The van der Waals surface area contributed by atoms with Crippen LogP contribution in [0.5, 0.6) is 0 Å². The van der Waals surface area contributed by atoms with Crippen LogP contribution in [0.3, 0.4) is 0 Å². The molecule has 0 aliphatic rings. The number of nitrogens with one attached hydrogen (secondary N) is 1. The Labute approximate surface area is 100.0 Å². The molecule has 1 aromatic rings. The Morgan fingerprint density at radius 1 is 1.44 bits per heavy atom. The highest BCUT2D eigenvalue weighted by Gasteiger charge is 2.26. The van der Waals surface area contributed by atoms with Crippen molar-refractivity contribution in [3.05, 3.63) is 29.6 Å². The van der Waals surface area contributed by atoms with E-state index >= 15 is 0 Å². The molecule has 6 nitrogen and oxygen atoms in total. The number of oxime groups is 1. The van der Waals surface area contributed by atoms with Crippen molar-refractivity contribution in [2.75, 3.05) is 4.72 Å². The average Bonchev–Trinajstić information content (AvgIpc) is 2.27. The second kappa shape index (κ2) is 5.12. The van der Waals surface area contributed by atoms with Crippen LogP contribution < -0.4 is 10.5 Å². The van der Waals surface area contributed by atoms with Gasteiger partial charge in [0, 0.05) is 0 Å². The quantitative estimate of drug-likeness (QED) is 0.330. The third-order valence-corrected chi connectivity index (χ3v) is 2.84. The van der Waals surface area contributed by atoms with Crippen LogP contribution in [-0.4, -0.2) is 25.2 Å². The molecule has 0 aliphatic carbocycles. The Balaban J connectivity index is 3.31. The minimum Gasteiger partial charge on any atom is -0.409 e. The van der Waals surface area contributed by atoms with Crippen molar-refractivity contribution in [1.29, 1.82) is 0 Å². The number of halogens is 3. The predicted molar refractivity (Wildman–Crippen MR) is 57.5 cm³/mol. The van der Waals surface area contributed by atoms with E-state index in [1.807, 2.05) is 0 Å². The fourth-order valence-corrected chi connectivity index (χ4v) is 1.68. The van der Waals surface area contributed by atoms with E-state index in [0.29, 0.717) is 0 Å². The van der Waals surface area contributed by atoms with Crippen molar-refractivity contribution in [3.63, 3.8) is 0 Å². The number of hydrogen-bond donors (Lipinski definition) is 3. The minimum absolute atomic E-state index is 0.550. The van der Waals surface area contributed by atoms with E-state index in [4.69, 9.17) is 10.9 Å². The lowest BCUT2D eigenvalue weighted by molar-refractivity contribution is 0.236. The highest BCUT2D eigenvalue weighted by atomic mass is 32.2. The molecule has 18 heavy (non-hydrogen) atoms. The maximum atomic E-state index is 13.4. The van der Waals surface area contributed by atoms with Crippen molar-refractivity contribution >= 4 is 21.5 Å². The number of amidine groups is 1. The Kier molecular flexibility index (Phi) is 4.01. The maximum absolute atomic E-state index is 13.4. The van der Waals surface area contributed by atoms with Gasteiger partial charge in [-0.25, -0.2) is 12.8 Å². The van der Waals surface area contributed by atoms with E-state index in [1.54, 1.807) is 0 Å². The van der Waals surface area contributed by atoms with Gasteiger partial charge < -0.3 is 10.9 Å². The zero-order valence-electron chi connectivity index (χ0n) is 8.64. The summed E-state index contributed by atoms with van der Waals surface area (Å²) in [5, 5.41) is 10.9. The highest BCUT2D eigenvalue weighted by Crippen LogP contribution is 2.21. The normalized spacial score (nSPS) is 12.8. The molecule has 0 aliphatic heterocycles. The topological polar surface area (TPSA) is 105 Å². The minimum atomic E-state index is -4.97. The molecular weight excluding hydrogens is 275 g/mol. The van der Waals surface area contributed by atoms with E-state index < -0.39 is 38.7 Å². The molecule has 0 unspecified atom stereocenters. The van der Waals surface area contributed by atoms with Crippen molar-refractivity contribution in [2.45, 2.75) is 5.76 Å². The van der Waals surface area contributed by atoms with Crippen molar-refractivity contribution in [2.24, 2.45) is 10.9 Å². The molecule has 0 atom stereocenters. The molecule has 10 heteroatoms. The molecule has 0 amide bonds. The molecule has 0 heterocycles. The van der Waals surface area contributed by atoms with Crippen LogP contribution in [0.4, 0.5) is 18.9 Å². The van der Waals surface area contributed by atoms with Crippen LogP contribution in [0.2, 0.25) is 0 Å². The van der Waals surface area contributed by atoms with Crippen LogP contribution >= 0.6 is 0 Å². The summed E-state index contributed by atoms with van der Waals surface area (Å²) in [5.74, 6) is -5.47. The summed E-state index contributed by atoms with van der Waals surface area (Å²) in [6, 6.07) is 2.97. The maximum Gasteiger partial charge on any atom is 0.355 e. The van der Waals surface area contributed by atoms with Gasteiger partial charge in [0.15, 0.2) is 5.84 Å². The number of anilines is 1. The Morgan fingerprint density at radius 3 is 2.56 bits per heavy atom. The van der Waals surface area contributed by atoms with E-state index in [-0.39, 0.29) is 0 Å². The molecule has 0 spiro atoms. The zero-order valence-corrected chi connectivity index (χ0v) is 9.46. The van der Waals surface area contributed by atoms with Crippen LogP contribution in [0.15, 0.2) is 23.4 Å². The summed E-state index contributed by atoms with van der Waals surface area (Å²) >= 11 is 0. The first-order valence-corrected chi connectivity index (χ1v) is 5.90.